The van der Waals surface area contributed by atoms with Gasteiger partial charge in [0, 0.05) is 26.3 Å². The van der Waals surface area contributed by atoms with Crippen LogP contribution in [-0.2, 0) is 11.3 Å². The van der Waals surface area contributed by atoms with E-state index in [9.17, 15) is 9.90 Å². The van der Waals surface area contributed by atoms with Crippen molar-refractivity contribution in [3.8, 4) is 0 Å². The van der Waals surface area contributed by atoms with Crippen molar-refractivity contribution in [3.05, 3.63) is 35.4 Å². The summed E-state index contributed by atoms with van der Waals surface area (Å²) >= 11 is 0. The smallest absolute Gasteiger partial charge is 0.253 e. The number of benzene rings is 1. The van der Waals surface area contributed by atoms with E-state index in [1.165, 1.54) is 4.90 Å². The van der Waals surface area contributed by atoms with E-state index in [1.54, 1.807) is 40.1 Å². The fourth-order valence-electron chi connectivity index (χ4n) is 1.78. The van der Waals surface area contributed by atoms with Gasteiger partial charge in [0.1, 0.15) is 0 Å². The van der Waals surface area contributed by atoms with E-state index in [0.29, 0.717) is 18.7 Å². The van der Waals surface area contributed by atoms with Crippen LogP contribution in [0.1, 0.15) is 29.8 Å². The van der Waals surface area contributed by atoms with Gasteiger partial charge < -0.3 is 14.7 Å². The van der Waals surface area contributed by atoms with Gasteiger partial charge in [0.05, 0.1) is 12.2 Å². The monoisotopic (exact) mass is 251 g/mol. The van der Waals surface area contributed by atoms with Gasteiger partial charge in [0.25, 0.3) is 5.91 Å². The molecule has 1 aromatic rings. The number of hydrogen-bond donors (Lipinski definition) is 1. The molecular formula is C14H21NO3. The van der Waals surface area contributed by atoms with Gasteiger partial charge >= 0.3 is 0 Å². The van der Waals surface area contributed by atoms with Gasteiger partial charge in [0.2, 0.25) is 0 Å². The minimum absolute atomic E-state index is 0.0962. The second kappa shape index (κ2) is 5.98. The Labute approximate surface area is 108 Å². The molecule has 0 fully saturated rings. The van der Waals surface area contributed by atoms with Crippen LogP contribution in [0.3, 0.4) is 0 Å². The number of amides is 1. The molecule has 0 saturated carbocycles. The maximum absolute atomic E-state index is 12.1. The van der Waals surface area contributed by atoms with Crippen molar-refractivity contribution in [2.24, 2.45) is 0 Å². The third-order valence-electron chi connectivity index (χ3n) is 2.48. The van der Waals surface area contributed by atoms with E-state index < -0.39 is 5.60 Å². The minimum Gasteiger partial charge on any atom is -0.389 e. The van der Waals surface area contributed by atoms with Crippen molar-refractivity contribution >= 4 is 5.91 Å². The molecule has 100 valence electrons. The van der Waals surface area contributed by atoms with Gasteiger partial charge in [-0.15, -0.1) is 0 Å². The second-order valence-corrected chi connectivity index (χ2v) is 5.10. The zero-order chi connectivity index (χ0) is 13.8. The number of methoxy groups -OCH3 is 1. The largest absolute Gasteiger partial charge is 0.389 e. The normalized spacial score (nSPS) is 11.4. The molecule has 0 unspecified atom stereocenters. The molecule has 0 atom stereocenters. The highest BCUT2D eigenvalue weighted by Gasteiger charge is 2.20. The average Bonchev–Trinajstić information content (AvgIpc) is 2.27. The van der Waals surface area contributed by atoms with E-state index >= 15 is 0 Å². The Balaban J connectivity index is 2.72. The van der Waals surface area contributed by atoms with E-state index in [2.05, 4.69) is 0 Å². The summed E-state index contributed by atoms with van der Waals surface area (Å²) in [5.74, 6) is -0.0962. The van der Waals surface area contributed by atoms with Crippen molar-refractivity contribution in [2.75, 3.05) is 20.7 Å². The van der Waals surface area contributed by atoms with Crippen LogP contribution < -0.4 is 0 Å². The molecule has 1 amide bonds. The van der Waals surface area contributed by atoms with Crippen LogP contribution in [0.5, 0.6) is 0 Å². The minimum atomic E-state index is -0.888. The SMILES string of the molecule is COCc1ccc(C(=O)N(C)CC(C)(C)O)cc1. The number of carbonyl (C=O) groups is 1. The number of likely N-dealkylation sites (N-methyl/N-ethyl adjacent to an activating group) is 1. The van der Waals surface area contributed by atoms with Gasteiger partial charge in [0.15, 0.2) is 0 Å². The molecule has 0 bridgehead atoms. The molecule has 0 heterocycles. The number of carbonyl (C=O) groups excluding carboxylic acids is 1. The highest BCUT2D eigenvalue weighted by Crippen LogP contribution is 2.10. The molecule has 4 nitrogen and oxygen atoms in total. The number of ether oxygens (including phenoxy) is 1. The zero-order valence-corrected chi connectivity index (χ0v) is 11.4. The van der Waals surface area contributed by atoms with Gasteiger partial charge in [-0.2, -0.15) is 0 Å². The van der Waals surface area contributed by atoms with Crippen molar-refractivity contribution in [1.29, 1.82) is 0 Å². The predicted octanol–water partition coefficient (Wildman–Crippen LogP) is 1.68. The van der Waals surface area contributed by atoms with Crippen molar-refractivity contribution in [2.45, 2.75) is 26.1 Å². The lowest BCUT2D eigenvalue weighted by molar-refractivity contribution is 0.0368. The van der Waals surface area contributed by atoms with Crippen LogP contribution in [0.2, 0.25) is 0 Å². The Hall–Kier alpha value is -1.39. The van der Waals surface area contributed by atoms with Crippen LogP contribution in [0.15, 0.2) is 24.3 Å². The lowest BCUT2D eigenvalue weighted by atomic mass is 10.1. The molecule has 0 aliphatic rings. The highest BCUT2D eigenvalue weighted by molar-refractivity contribution is 5.94. The molecule has 0 spiro atoms. The van der Waals surface area contributed by atoms with Crippen LogP contribution in [0, 0.1) is 0 Å². The first-order valence-corrected chi connectivity index (χ1v) is 5.89. The summed E-state index contributed by atoms with van der Waals surface area (Å²) < 4.78 is 5.01. The van der Waals surface area contributed by atoms with Crippen molar-refractivity contribution in [1.82, 2.24) is 4.90 Å². The van der Waals surface area contributed by atoms with Crippen molar-refractivity contribution < 1.29 is 14.6 Å². The predicted molar refractivity (Wildman–Crippen MR) is 70.4 cm³/mol. The van der Waals surface area contributed by atoms with E-state index in [1.807, 2.05) is 12.1 Å². The van der Waals surface area contributed by atoms with E-state index in [-0.39, 0.29) is 5.91 Å². The molecule has 1 N–H and O–H groups in total. The van der Waals surface area contributed by atoms with Crippen LogP contribution >= 0.6 is 0 Å². The third kappa shape index (κ3) is 4.47. The fraction of sp³-hybridized carbons (Fsp3) is 0.500. The first kappa shape index (κ1) is 14.7. The molecule has 4 heteroatoms. The number of aliphatic hydroxyl groups is 1. The molecular weight excluding hydrogens is 230 g/mol. The second-order valence-electron chi connectivity index (χ2n) is 5.10. The van der Waals surface area contributed by atoms with Gasteiger partial charge in [-0.25, -0.2) is 0 Å². The maximum Gasteiger partial charge on any atom is 0.253 e. The lowest BCUT2D eigenvalue weighted by Gasteiger charge is -2.25. The Kier molecular flexibility index (Phi) is 4.87. The summed E-state index contributed by atoms with van der Waals surface area (Å²) in [4.78, 5) is 13.6. The molecule has 0 radical (unpaired) electrons. The average molecular weight is 251 g/mol. The molecule has 1 aromatic carbocycles. The number of nitrogens with zero attached hydrogens (tertiary/aromatic N) is 1. The zero-order valence-electron chi connectivity index (χ0n) is 11.4. The van der Waals surface area contributed by atoms with Crippen molar-refractivity contribution in [3.63, 3.8) is 0 Å². The van der Waals surface area contributed by atoms with E-state index in [0.717, 1.165) is 5.56 Å². The summed E-state index contributed by atoms with van der Waals surface area (Å²) in [6.45, 7) is 4.19. The summed E-state index contributed by atoms with van der Waals surface area (Å²) in [6, 6.07) is 7.29. The first-order valence-electron chi connectivity index (χ1n) is 5.89. The third-order valence-corrected chi connectivity index (χ3v) is 2.48. The van der Waals surface area contributed by atoms with Crippen LogP contribution in [-0.4, -0.2) is 42.2 Å². The van der Waals surface area contributed by atoms with Crippen LogP contribution in [0.25, 0.3) is 0 Å². The highest BCUT2D eigenvalue weighted by atomic mass is 16.5. The van der Waals surface area contributed by atoms with Crippen LogP contribution in [0.4, 0.5) is 0 Å². The number of rotatable bonds is 5. The first-order chi connectivity index (χ1) is 8.33. The molecule has 0 aliphatic carbocycles. The molecule has 18 heavy (non-hydrogen) atoms. The summed E-state index contributed by atoms with van der Waals surface area (Å²) in [5.41, 5.74) is 0.751. The van der Waals surface area contributed by atoms with E-state index in [4.69, 9.17) is 4.74 Å². The Bertz CT molecular complexity index is 392. The maximum atomic E-state index is 12.1. The number of hydrogen-bond acceptors (Lipinski definition) is 3. The standard InChI is InChI=1S/C14H21NO3/c1-14(2,17)10-15(3)13(16)12-7-5-11(6-8-12)9-18-4/h5-8,17H,9-10H2,1-4H3. The Morgan fingerprint density at radius 2 is 1.89 bits per heavy atom. The quantitative estimate of drug-likeness (QED) is 0.866. The van der Waals surface area contributed by atoms with Gasteiger partial charge in [-0.1, -0.05) is 12.1 Å². The molecule has 1 rings (SSSR count). The lowest BCUT2D eigenvalue weighted by Crippen LogP contribution is -2.39. The summed E-state index contributed by atoms with van der Waals surface area (Å²) in [6.07, 6.45) is 0. The molecule has 0 saturated heterocycles. The topological polar surface area (TPSA) is 49.8 Å². The Morgan fingerprint density at radius 1 is 1.33 bits per heavy atom. The molecule has 0 aliphatic heterocycles. The molecule has 0 aromatic heterocycles. The Morgan fingerprint density at radius 3 is 2.33 bits per heavy atom. The summed E-state index contributed by atoms with van der Waals surface area (Å²) in [5, 5.41) is 9.69. The summed E-state index contributed by atoms with van der Waals surface area (Å²) in [7, 11) is 3.32. The van der Waals surface area contributed by atoms with Gasteiger partial charge in [-0.3, -0.25) is 4.79 Å². The van der Waals surface area contributed by atoms with Gasteiger partial charge in [-0.05, 0) is 31.5 Å². The fourth-order valence-corrected chi connectivity index (χ4v) is 1.78.